The van der Waals surface area contributed by atoms with Gasteiger partial charge in [0.2, 0.25) is 5.91 Å². The molecule has 0 radical (unpaired) electrons. The molecule has 1 amide bonds. The highest BCUT2D eigenvalue weighted by Crippen LogP contribution is 2.48. The summed E-state index contributed by atoms with van der Waals surface area (Å²) in [5.74, 6) is -0.0618. The van der Waals surface area contributed by atoms with Crippen LogP contribution in [0.2, 0.25) is 0 Å². The molecule has 2 aromatic carbocycles. The van der Waals surface area contributed by atoms with E-state index in [4.69, 9.17) is 0 Å². The molecule has 3 nitrogen and oxygen atoms in total. The first-order chi connectivity index (χ1) is 15.4. The van der Waals surface area contributed by atoms with Crippen LogP contribution in [-0.4, -0.2) is 30.4 Å². The van der Waals surface area contributed by atoms with Crippen molar-refractivity contribution in [2.24, 2.45) is 5.41 Å². The fourth-order valence-electron chi connectivity index (χ4n) is 5.35. The summed E-state index contributed by atoms with van der Waals surface area (Å²) in [6.45, 7) is 16.5. The normalized spacial score (nSPS) is 18.6. The molecule has 0 unspecified atom stereocenters. The molecular formula is C29H39FN2O. The van der Waals surface area contributed by atoms with Gasteiger partial charge in [-0.25, -0.2) is 4.39 Å². The fourth-order valence-corrected chi connectivity index (χ4v) is 5.35. The zero-order valence-electron chi connectivity index (χ0n) is 21.2. The van der Waals surface area contributed by atoms with Gasteiger partial charge in [-0.1, -0.05) is 65.8 Å². The molecule has 0 atom stereocenters. The molecule has 0 aliphatic carbocycles. The van der Waals surface area contributed by atoms with E-state index >= 15 is 0 Å². The third-order valence-corrected chi connectivity index (χ3v) is 7.30. The largest absolute Gasteiger partial charge is 0.311 e. The maximum atomic E-state index is 14.3. The number of rotatable bonds is 3. The molecule has 4 rings (SSSR count). The zero-order valence-corrected chi connectivity index (χ0v) is 21.2. The second-order valence-corrected chi connectivity index (χ2v) is 12.4. The van der Waals surface area contributed by atoms with E-state index in [-0.39, 0.29) is 28.0 Å². The van der Waals surface area contributed by atoms with Crippen LogP contribution in [0.4, 0.5) is 10.1 Å². The molecule has 1 fully saturated rings. The Kier molecular flexibility index (Phi) is 6.20. The first kappa shape index (κ1) is 23.9. The van der Waals surface area contributed by atoms with Crippen LogP contribution in [-0.2, 0) is 22.2 Å². The highest BCUT2D eigenvalue weighted by Gasteiger charge is 2.46. The maximum absolute atomic E-state index is 14.3. The number of halogens is 1. The number of hydrogen-bond acceptors (Lipinski definition) is 2. The summed E-state index contributed by atoms with van der Waals surface area (Å²) >= 11 is 0. The molecule has 0 aromatic heterocycles. The van der Waals surface area contributed by atoms with Crippen LogP contribution >= 0.6 is 0 Å². The van der Waals surface area contributed by atoms with Crippen molar-refractivity contribution in [1.82, 2.24) is 4.90 Å². The summed E-state index contributed by atoms with van der Waals surface area (Å²) in [7, 11) is 0. The Labute approximate surface area is 199 Å². The molecule has 2 aliphatic heterocycles. The second-order valence-electron chi connectivity index (χ2n) is 12.4. The summed E-state index contributed by atoms with van der Waals surface area (Å²) in [5.41, 5.74) is 4.58. The molecule has 0 bridgehead atoms. The van der Waals surface area contributed by atoms with E-state index in [1.54, 1.807) is 6.07 Å². The number of carbonyl (C=O) groups is 1. The summed E-state index contributed by atoms with van der Waals surface area (Å²) < 4.78 is 14.3. The Morgan fingerprint density at radius 3 is 2.18 bits per heavy atom. The molecule has 1 saturated heterocycles. The molecule has 0 saturated carbocycles. The molecular weight excluding hydrogens is 411 g/mol. The van der Waals surface area contributed by atoms with Crippen molar-refractivity contribution >= 4 is 11.6 Å². The maximum Gasteiger partial charge on any atom is 0.227 e. The SMILES string of the molecule is CC(C)(C)CC(=O)N1CC2(CCN(Cc3ccc(C(C)(C)C)cc3)CC2)c2cc(F)ccc21. The van der Waals surface area contributed by atoms with Gasteiger partial charge in [-0.2, -0.15) is 0 Å². The summed E-state index contributed by atoms with van der Waals surface area (Å²) in [4.78, 5) is 17.6. The lowest BCUT2D eigenvalue weighted by Crippen LogP contribution is -2.46. The van der Waals surface area contributed by atoms with Gasteiger partial charge in [0.1, 0.15) is 5.82 Å². The lowest BCUT2D eigenvalue weighted by Gasteiger charge is -2.40. The number of nitrogens with zero attached hydrogens (tertiary/aromatic N) is 2. The lowest BCUT2D eigenvalue weighted by molar-refractivity contribution is -0.120. The smallest absolute Gasteiger partial charge is 0.227 e. The minimum atomic E-state index is -0.209. The molecule has 178 valence electrons. The minimum Gasteiger partial charge on any atom is -0.311 e. The Hall–Kier alpha value is -2.20. The van der Waals surface area contributed by atoms with Gasteiger partial charge in [0.15, 0.2) is 0 Å². The average molecular weight is 451 g/mol. The fraction of sp³-hybridized carbons (Fsp3) is 0.552. The van der Waals surface area contributed by atoms with E-state index in [1.807, 2.05) is 11.0 Å². The molecule has 1 spiro atoms. The van der Waals surface area contributed by atoms with Crippen LogP contribution in [0, 0.1) is 11.2 Å². The highest BCUT2D eigenvalue weighted by molar-refractivity contribution is 5.96. The molecule has 33 heavy (non-hydrogen) atoms. The first-order valence-electron chi connectivity index (χ1n) is 12.3. The lowest BCUT2D eigenvalue weighted by atomic mass is 9.74. The second kappa shape index (κ2) is 8.54. The van der Waals surface area contributed by atoms with Crippen molar-refractivity contribution in [3.05, 3.63) is 65.0 Å². The quantitative estimate of drug-likeness (QED) is 0.537. The van der Waals surface area contributed by atoms with Crippen molar-refractivity contribution in [3.63, 3.8) is 0 Å². The van der Waals surface area contributed by atoms with E-state index < -0.39 is 0 Å². The Morgan fingerprint density at radius 1 is 0.970 bits per heavy atom. The van der Waals surface area contributed by atoms with Crippen molar-refractivity contribution in [3.8, 4) is 0 Å². The molecule has 0 N–H and O–H groups in total. The van der Waals surface area contributed by atoms with Gasteiger partial charge < -0.3 is 4.90 Å². The number of anilines is 1. The van der Waals surface area contributed by atoms with Crippen molar-refractivity contribution in [1.29, 1.82) is 0 Å². The van der Waals surface area contributed by atoms with Crippen LogP contribution in [0.1, 0.15) is 77.5 Å². The third kappa shape index (κ3) is 5.16. The number of carbonyl (C=O) groups excluding carboxylic acids is 1. The average Bonchev–Trinajstić information content (AvgIpc) is 3.02. The van der Waals surface area contributed by atoms with E-state index in [2.05, 4.69) is 70.7 Å². The highest BCUT2D eigenvalue weighted by atomic mass is 19.1. The zero-order chi connectivity index (χ0) is 24.0. The van der Waals surface area contributed by atoms with E-state index in [0.29, 0.717) is 13.0 Å². The monoisotopic (exact) mass is 450 g/mol. The van der Waals surface area contributed by atoms with Crippen LogP contribution in [0.3, 0.4) is 0 Å². The summed E-state index contributed by atoms with van der Waals surface area (Å²) in [6.07, 6.45) is 2.39. The van der Waals surface area contributed by atoms with Crippen LogP contribution < -0.4 is 4.90 Å². The Bertz CT molecular complexity index is 1010. The minimum absolute atomic E-state index is 0.0705. The van der Waals surface area contributed by atoms with Gasteiger partial charge in [-0.15, -0.1) is 0 Å². The molecule has 2 aliphatic rings. The Morgan fingerprint density at radius 2 is 1.61 bits per heavy atom. The Balaban J connectivity index is 1.48. The predicted octanol–water partition coefficient (Wildman–Crippen LogP) is 6.44. The van der Waals surface area contributed by atoms with Gasteiger partial charge >= 0.3 is 0 Å². The topological polar surface area (TPSA) is 23.6 Å². The van der Waals surface area contributed by atoms with Gasteiger partial charge in [0, 0.05) is 30.6 Å². The van der Waals surface area contributed by atoms with Crippen molar-refractivity contribution < 1.29 is 9.18 Å². The van der Waals surface area contributed by atoms with Crippen LogP contribution in [0.5, 0.6) is 0 Å². The third-order valence-electron chi connectivity index (χ3n) is 7.30. The molecule has 4 heteroatoms. The van der Waals surface area contributed by atoms with Crippen molar-refractivity contribution in [2.75, 3.05) is 24.5 Å². The van der Waals surface area contributed by atoms with E-state index in [0.717, 1.165) is 43.7 Å². The van der Waals surface area contributed by atoms with Gasteiger partial charge in [-0.05, 0) is 71.7 Å². The molecule has 2 aromatic rings. The number of benzene rings is 2. The summed E-state index contributed by atoms with van der Waals surface area (Å²) in [6, 6.07) is 14.0. The number of hydrogen-bond donors (Lipinski definition) is 0. The van der Waals surface area contributed by atoms with Gasteiger partial charge in [0.05, 0.1) is 0 Å². The molecule has 2 heterocycles. The van der Waals surface area contributed by atoms with Crippen LogP contribution in [0.25, 0.3) is 0 Å². The first-order valence-corrected chi connectivity index (χ1v) is 12.3. The van der Waals surface area contributed by atoms with Gasteiger partial charge in [0.25, 0.3) is 0 Å². The predicted molar refractivity (Wildman–Crippen MR) is 134 cm³/mol. The number of fused-ring (bicyclic) bond motifs is 2. The number of likely N-dealkylation sites (tertiary alicyclic amines) is 1. The summed E-state index contributed by atoms with van der Waals surface area (Å²) in [5, 5.41) is 0. The standard InChI is InChI=1S/C29H39FN2O/c1-27(2,3)18-26(33)32-20-29(24-17-23(30)11-12-25(24)32)13-15-31(16-14-29)19-21-7-9-22(10-8-21)28(4,5)6/h7-12,17H,13-16,18-20H2,1-6H3. The number of amides is 1. The van der Waals surface area contributed by atoms with Crippen molar-refractivity contribution in [2.45, 2.75) is 78.2 Å². The van der Waals surface area contributed by atoms with Crippen LogP contribution in [0.15, 0.2) is 42.5 Å². The van der Waals surface area contributed by atoms with E-state index in [9.17, 15) is 9.18 Å². The van der Waals surface area contributed by atoms with E-state index in [1.165, 1.54) is 17.2 Å². The van der Waals surface area contributed by atoms with Gasteiger partial charge in [-0.3, -0.25) is 9.69 Å². The number of piperidine rings is 1.